The van der Waals surface area contributed by atoms with Gasteiger partial charge in [0.1, 0.15) is 17.3 Å². The van der Waals surface area contributed by atoms with E-state index in [1.165, 1.54) is 12.1 Å². The summed E-state index contributed by atoms with van der Waals surface area (Å²) in [7, 11) is -3.42. The molecule has 1 aromatic heterocycles. The van der Waals surface area contributed by atoms with Crippen molar-refractivity contribution in [1.29, 1.82) is 0 Å². The molecule has 92 valence electrons. The SMILES string of the molecule is CS(=O)(=O)Nc1cc(OC2CC2)cc(C=O)n1. The number of hydrogen-bond donors (Lipinski definition) is 1. The van der Waals surface area contributed by atoms with Crippen LogP contribution in [0, 0.1) is 0 Å². The fraction of sp³-hybridized carbons (Fsp3) is 0.400. The quantitative estimate of drug-likeness (QED) is 0.788. The number of sulfonamides is 1. The molecule has 1 aromatic rings. The minimum Gasteiger partial charge on any atom is -0.490 e. The molecule has 0 saturated heterocycles. The van der Waals surface area contributed by atoms with Gasteiger partial charge in [0, 0.05) is 12.1 Å². The fourth-order valence-electron chi connectivity index (χ4n) is 1.27. The molecule has 1 aliphatic carbocycles. The van der Waals surface area contributed by atoms with E-state index in [1.54, 1.807) is 0 Å². The predicted octanol–water partition coefficient (Wildman–Crippen LogP) is 0.807. The van der Waals surface area contributed by atoms with Gasteiger partial charge in [-0.3, -0.25) is 9.52 Å². The molecular weight excluding hydrogens is 244 g/mol. The second kappa shape index (κ2) is 4.33. The molecule has 1 heterocycles. The molecule has 6 nitrogen and oxygen atoms in total. The van der Waals surface area contributed by atoms with Crippen LogP contribution in [0.15, 0.2) is 12.1 Å². The Morgan fingerprint density at radius 2 is 2.18 bits per heavy atom. The van der Waals surface area contributed by atoms with Crippen LogP contribution in [0.3, 0.4) is 0 Å². The fourth-order valence-corrected chi connectivity index (χ4v) is 1.76. The van der Waals surface area contributed by atoms with Crippen LogP contribution in [-0.4, -0.2) is 32.0 Å². The Morgan fingerprint density at radius 3 is 2.71 bits per heavy atom. The largest absolute Gasteiger partial charge is 0.490 e. The molecular formula is C10H12N2O4S. The van der Waals surface area contributed by atoms with E-state index in [0.717, 1.165) is 19.1 Å². The van der Waals surface area contributed by atoms with E-state index >= 15 is 0 Å². The molecule has 0 amide bonds. The van der Waals surface area contributed by atoms with Gasteiger partial charge >= 0.3 is 0 Å². The summed E-state index contributed by atoms with van der Waals surface area (Å²) in [5.41, 5.74) is 0.134. The van der Waals surface area contributed by atoms with Crippen LogP contribution in [0.25, 0.3) is 0 Å². The molecule has 1 N–H and O–H groups in total. The van der Waals surface area contributed by atoms with Gasteiger partial charge < -0.3 is 4.74 Å². The van der Waals surface area contributed by atoms with E-state index in [2.05, 4.69) is 9.71 Å². The summed E-state index contributed by atoms with van der Waals surface area (Å²) in [5, 5.41) is 0. The van der Waals surface area contributed by atoms with Gasteiger partial charge in [-0.25, -0.2) is 13.4 Å². The molecule has 0 bridgehead atoms. The Balaban J connectivity index is 2.27. The zero-order valence-electron chi connectivity index (χ0n) is 9.21. The lowest BCUT2D eigenvalue weighted by molar-refractivity contribution is 0.111. The van der Waals surface area contributed by atoms with Crippen LogP contribution < -0.4 is 9.46 Å². The van der Waals surface area contributed by atoms with Gasteiger partial charge in [0.25, 0.3) is 0 Å². The van der Waals surface area contributed by atoms with Crippen LogP contribution in [0.2, 0.25) is 0 Å². The Hall–Kier alpha value is -1.63. The first kappa shape index (κ1) is 11.8. The number of ether oxygens (including phenoxy) is 1. The minimum absolute atomic E-state index is 0.0905. The maximum atomic E-state index is 11.1. The highest BCUT2D eigenvalue weighted by Crippen LogP contribution is 2.28. The predicted molar refractivity (Wildman–Crippen MR) is 61.7 cm³/mol. The van der Waals surface area contributed by atoms with E-state index in [4.69, 9.17) is 4.74 Å². The maximum absolute atomic E-state index is 11.1. The highest BCUT2D eigenvalue weighted by molar-refractivity contribution is 7.92. The zero-order chi connectivity index (χ0) is 12.5. The molecule has 0 aliphatic heterocycles. The first-order valence-electron chi connectivity index (χ1n) is 5.08. The molecule has 1 saturated carbocycles. The third-order valence-corrected chi connectivity index (χ3v) is 2.64. The highest BCUT2D eigenvalue weighted by atomic mass is 32.2. The van der Waals surface area contributed by atoms with Gasteiger partial charge in [-0.1, -0.05) is 0 Å². The van der Waals surface area contributed by atoms with Crippen molar-refractivity contribution >= 4 is 22.1 Å². The maximum Gasteiger partial charge on any atom is 0.230 e. The smallest absolute Gasteiger partial charge is 0.230 e. The molecule has 0 spiro atoms. The second-order valence-corrected chi connectivity index (χ2v) is 5.67. The number of hydrogen-bond acceptors (Lipinski definition) is 5. The average Bonchev–Trinajstić information content (AvgIpc) is 2.98. The summed E-state index contributed by atoms with van der Waals surface area (Å²) in [6, 6.07) is 2.95. The summed E-state index contributed by atoms with van der Waals surface area (Å²) < 4.78 is 29.8. The summed E-state index contributed by atoms with van der Waals surface area (Å²) >= 11 is 0. The van der Waals surface area contributed by atoms with Crippen molar-refractivity contribution in [2.45, 2.75) is 18.9 Å². The summed E-state index contributed by atoms with van der Waals surface area (Å²) in [5.74, 6) is 0.545. The standard InChI is InChI=1S/C10H12N2O4S/c1-17(14,15)12-10-5-9(16-8-2-3-8)4-7(6-13)11-10/h4-6,8H,2-3H2,1H3,(H,11,12). The lowest BCUT2D eigenvalue weighted by atomic mass is 10.3. The van der Waals surface area contributed by atoms with Gasteiger partial charge in [0.05, 0.1) is 12.4 Å². The first-order valence-corrected chi connectivity index (χ1v) is 6.97. The molecule has 1 aliphatic rings. The third kappa shape index (κ3) is 3.70. The van der Waals surface area contributed by atoms with Crippen molar-refractivity contribution in [1.82, 2.24) is 4.98 Å². The molecule has 0 atom stereocenters. The van der Waals surface area contributed by atoms with Crippen molar-refractivity contribution in [2.24, 2.45) is 0 Å². The summed E-state index contributed by atoms with van der Waals surface area (Å²) in [6.45, 7) is 0. The number of aldehydes is 1. The number of anilines is 1. The number of nitrogens with zero attached hydrogens (tertiary/aromatic N) is 1. The Morgan fingerprint density at radius 1 is 1.47 bits per heavy atom. The summed E-state index contributed by atoms with van der Waals surface area (Å²) in [4.78, 5) is 14.5. The van der Waals surface area contributed by atoms with E-state index in [9.17, 15) is 13.2 Å². The van der Waals surface area contributed by atoms with Crippen LogP contribution in [0.4, 0.5) is 5.82 Å². The van der Waals surface area contributed by atoms with E-state index in [1.807, 2.05) is 0 Å². The molecule has 17 heavy (non-hydrogen) atoms. The zero-order valence-corrected chi connectivity index (χ0v) is 10.0. The van der Waals surface area contributed by atoms with Crippen molar-refractivity contribution in [2.75, 3.05) is 11.0 Å². The second-order valence-electron chi connectivity index (χ2n) is 3.92. The van der Waals surface area contributed by atoms with Crippen molar-refractivity contribution in [3.8, 4) is 5.75 Å². The summed E-state index contributed by atoms with van der Waals surface area (Å²) in [6.07, 6.45) is 3.70. The van der Waals surface area contributed by atoms with Crippen LogP contribution in [-0.2, 0) is 10.0 Å². The van der Waals surface area contributed by atoms with Crippen LogP contribution >= 0.6 is 0 Å². The number of nitrogens with one attached hydrogen (secondary N) is 1. The van der Waals surface area contributed by atoms with Gasteiger partial charge in [0.2, 0.25) is 10.0 Å². The van der Waals surface area contributed by atoms with E-state index in [-0.39, 0.29) is 17.6 Å². The number of carbonyl (C=O) groups is 1. The van der Waals surface area contributed by atoms with Crippen LogP contribution in [0.5, 0.6) is 5.75 Å². The molecule has 0 unspecified atom stereocenters. The molecule has 7 heteroatoms. The normalized spacial score (nSPS) is 15.4. The molecule has 1 fully saturated rings. The van der Waals surface area contributed by atoms with E-state index in [0.29, 0.717) is 12.0 Å². The van der Waals surface area contributed by atoms with Gasteiger partial charge in [-0.2, -0.15) is 0 Å². The minimum atomic E-state index is -3.42. The topological polar surface area (TPSA) is 85.4 Å². The van der Waals surface area contributed by atoms with Gasteiger partial charge in [0.15, 0.2) is 6.29 Å². The molecule has 2 rings (SSSR count). The van der Waals surface area contributed by atoms with Crippen LogP contribution in [0.1, 0.15) is 23.3 Å². The monoisotopic (exact) mass is 256 g/mol. The molecule has 0 aromatic carbocycles. The van der Waals surface area contributed by atoms with Crippen molar-refractivity contribution < 1.29 is 17.9 Å². The lowest BCUT2D eigenvalue weighted by Gasteiger charge is -2.08. The lowest BCUT2D eigenvalue weighted by Crippen LogP contribution is -2.12. The first-order chi connectivity index (χ1) is 7.96. The average molecular weight is 256 g/mol. The van der Waals surface area contributed by atoms with E-state index < -0.39 is 10.0 Å². The van der Waals surface area contributed by atoms with Gasteiger partial charge in [-0.05, 0) is 12.8 Å². The Labute approximate surface area is 99.1 Å². The molecule has 0 radical (unpaired) electrons. The number of aromatic nitrogens is 1. The van der Waals surface area contributed by atoms with Crippen molar-refractivity contribution in [3.63, 3.8) is 0 Å². The Kier molecular flexibility index (Phi) is 3.01. The number of pyridine rings is 1. The third-order valence-electron chi connectivity index (χ3n) is 2.06. The number of carbonyl (C=O) groups excluding carboxylic acids is 1. The highest BCUT2D eigenvalue weighted by Gasteiger charge is 2.24. The van der Waals surface area contributed by atoms with Gasteiger partial charge in [-0.15, -0.1) is 0 Å². The number of rotatable bonds is 5. The van der Waals surface area contributed by atoms with Crippen molar-refractivity contribution in [3.05, 3.63) is 17.8 Å². The Bertz CT molecular complexity index is 537.